The van der Waals surface area contributed by atoms with Crippen molar-refractivity contribution in [1.82, 2.24) is 15.3 Å². The fourth-order valence-electron chi connectivity index (χ4n) is 2.12. The number of para-hydroxylation sites is 1. The highest BCUT2D eigenvalue weighted by atomic mass is 16.3. The number of aromatic nitrogens is 2. The van der Waals surface area contributed by atoms with Crippen LogP contribution in [0.4, 0.5) is 0 Å². The van der Waals surface area contributed by atoms with Crippen LogP contribution in [0.1, 0.15) is 15.9 Å². The van der Waals surface area contributed by atoms with Gasteiger partial charge < -0.3 is 10.4 Å². The lowest BCUT2D eigenvalue weighted by molar-refractivity contribution is 0.0952. The molecule has 0 aliphatic rings. The van der Waals surface area contributed by atoms with Crippen molar-refractivity contribution in [3.8, 4) is 5.75 Å². The van der Waals surface area contributed by atoms with Gasteiger partial charge in [0, 0.05) is 18.9 Å². The second kappa shape index (κ2) is 5.58. The first-order chi connectivity index (χ1) is 10.2. The van der Waals surface area contributed by atoms with Gasteiger partial charge in [-0.05, 0) is 29.8 Å². The monoisotopic (exact) mass is 279 g/mol. The largest absolute Gasteiger partial charge is 0.508 e. The summed E-state index contributed by atoms with van der Waals surface area (Å²) in [6.45, 7) is 0.337. The van der Waals surface area contributed by atoms with Crippen molar-refractivity contribution in [1.29, 1.82) is 0 Å². The van der Waals surface area contributed by atoms with E-state index >= 15 is 0 Å². The third-order valence-electron chi connectivity index (χ3n) is 3.11. The first-order valence-electron chi connectivity index (χ1n) is 6.50. The van der Waals surface area contributed by atoms with Gasteiger partial charge in [-0.25, -0.2) is 0 Å². The zero-order valence-electron chi connectivity index (χ0n) is 11.2. The Labute approximate surface area is 121 Å². The van der Waals surface area contributed by atoms with Crippen LogP contribution in [-0.4, -0.2) is 21.0 Å². The molecule has 2 N–H and O–H groups in total. The van der Waals surface area contributed by atoms with Crippen molar-refractivity contribution in [2.24, 2.45) is 0 Å². The number of phenolic OH excluding ortho intramolecular Hbond substituents is 1. The SMILES string of the molecule is O=C(NCc1cccc(O)c1)c1cccc2nccnc12. The van der Waals surface area contributed by atoms with Crippen LogP contribution in [0.5, 0.6) is 5.75 Å². The van der Waals surface area contributed by atoms with Crippen LogP contribution >= 0.6 is 0 Å². The highest BCUT2D eigenvalue weighted by Gasteiger charge is 2.11. The Kier molecular flexibility index (Phi) is 3.47. The van der Waals surface area contributed by atoms with Gasteiger partial charge in [0.1, 0.15) is 11.3 Å². The lowest BCUT2D eigenvalue weighted by Gasteiger charge is -2.07. The number of benzene rings is 2. The zero-order chi connectivity index (χ0) is 14.7. The summed E-state index contributed by atoms with van der Waals surface area (Å²) in [5, 5.41) is 12.2. The molecule has 0 saturated carbocycles. The molecule has 104 valence electrons. The van der Waals surface area contributed by atoms with Gasteiger partial charge in [-0.15, -0.1) is 0 Å². The van der Waals surface area contributed by atoms with E-state index in [0.29, 0.717) is 23.1 Å². The van der Waals surface area contributed by atoms with Crippen LogP contribution in [0, 0.1) is 0 Å². The third-order valence-corrected chi connectivity index (χ3v) is 3.11. The molecule has 0 aliphatic heterocycles. The quantitative estimate of drug-likeness (QED) is 0.771. The molecule has 3 rings (SSSR count). The number of phenols is 1. The van der Waals surface area contributed by atoms with Crippen LogP contribution in [0.3, 0.4) is 0 Å². The summed E-state index contributed by atoms with van der Waals surface area (Å²) in [5.74, 6) is -0.0396. The van der Waals surface area contributed by atoms with Gasteiger partial charge in [-0.1, -0.05) is 18.2 Å². The van der Waals surface area contributed by atoms with Crippen LogP contribution in [0.25, 0.3) is 11.0 Å². The number of carbonyl (C=O) groups is 1. The van der Waals surface area contributed by atoms with Crippen molar-refractivity contribution < 1.29 is 9.90 Å². The van der Waals surface area contributed by atoms with Crippen LogP contribution in [0.2, 0.25) is 0 Å². The summed E-state index contributed by atoms with van der Waals surface area (Å²) in [4.78, 5) is 20.7. The van der Waals surface area contributed by atoms with Gasteiger partial charge in [0.25, 0.3) is 5.91 Å². The van der Waals surface area contributed by atoms with E-state index in [9.17, 15) is 9.90 Å². The van der Waals surface area contributed by atoms with Gasteiger partial charge >= 0.3 is 0 Å². The van der Waals surface area contributed by atoms with Crippen LogP contribution < -0.4 is 5.32 Å². The fraction of sp³-hybridized carbons (Fsp3) is 0.0625. The first-order valence-corrected chi connectivity index (χ1v) is 6.50. The van der Waals surface area contributed by atoms with Gasteiger partial charge in [-0.3, -0.25) is 14.8 Å². The Morgan fingerprint density at radius 1 is 1.10 bits per heavy atom. The van der Waals surface area contributed by atoms with E-state index in [1.807, 2.05) is 12.1 Å². The van der Waals surface area contributed by atoms with Crippen LogP contribution in [0.15, 0.2) is 54.9 Å². The number of nitrogens with one attached hydrogen (secondary N) is 1. The highest BCUT2D eigenvalue weighted by molar-refractivity contribution is 6.04. The molecule has 2 aromatic carbocycles. The number of fused-ring (bicyclic) bond motifs is 1. The van der Waals surface area contributed by atoms with Crippen molar-refractivity contribution >= 4 is 16.9 Å². The van der Waals surface area contributed by atoms with E-state index in [0.717, 1.165) is 5.56 Å². The van der Waals surface area contributed by atoms with Crippen molar-refractivity contribution in [3.63, 3.8) is 0 Å². The molecule has 3 aromatic rings. The second-order valence-electron chi connectivity index (χ2n) is 4.58. The number of hydrogen-bond acceptors (Lipinski definition) is 4. The molecule has 1 heterocycles. The van der Waals surface area contributed by atoms with Gasteiger partial charge in [-0.2, -0.15) is 0 Å². The smallest absolute Gasteiger partial charge is 0.253 e. The Bertz CT molecular complexity index is 797. The van der Waals surface area contributed by atoms with Crippen LogP contribution in [-0.2, 0) is 6.54 Å². The minimum atomic E-state index is -0.218. The molecule has 0 atom stereocenters. The molecular formula is C16H13N3O2. The van der Waals surface area contributed by atoms with E-state index in [-0.39, 0.29) is 11.7 Å². The molecule has 5 heteroatoms. The Hall–Kier alpha value is -2.95. The molecule has 0 saturated heterocycles. The number of rotatable bonds is 3. The highest BCUT2D eigenvalue weighted by Crippen LogP contribution is 2.14. The number of carbonyl (C=O) groups excluding carboxylic acids is 1. The molecule has 0 bridgehead atoms. The normalized spacial score (nSPS) is 10.5. The van der Waals surface area contributed by atoms with Crippen molar-refractivity contribution in [2.75, 3.05) is 0 Å². The summed E-state index contributed by atoms with van der Waals surface area (Å²) in [7, 11) is 0. The molecule has 0 radical (unpaired) electrons. The van der Waals surface area contributed by atoms with Crippen molar-refractivity contribution in [2.45, 2.75) is 6.54 Å². The third kappa shape index (κ3) is 2.81. The molecule has 0 fully saturated rings. The maximum Gasteiger partial charge on any atom is 0.253 e. The first kappa shape index (κ1) is 13.1. The second-order valence-corrected chi connectivity index (χ2v) is 4.58. The Balaban J connectivity index is 1.81. The molecule has 5 nitrogen and oxygen atoms in total. The topological polar surface area (TPSA) is 75.1 Å². The standard InChI is InChI=1S/C16H13N3O2/c20-12-4-1-3-11(9-12)10-19-16(21)13-5-2-6-14-15(13)18-8-7-17-14/h1-9,20H,10H2,(H,19,21). The van der Waals surface area contributed by atoms with Gasteiger partial charge in [0.15, 0.2) is 0 Å². The molecule has 21 heavy (non-hydrogen) atoms. The lowest BCUT2D eigenvalue weighted by Crippen LogP contribution is -2.23. The molecule has 1 aromatic heterocycles. The average molecular weight is 279 g/mol. The average Bonchev–Trinajstić information content (AvgIpc) is 2.52. The van der Waals surface area contributed by atoms with E-state index in [1.165, 1.54) is 0 Å². The number of aromatic hydroxyl groups is 1. The number of hydrogen-bond donors (Lipinski definition) is 2. The number of amides is 1. The predicted octanol–water partition coefficient (Wildman–Crippen LogP) is 2.27. The van der Waals surface area contributed by atoms with E-state index in [2.05, 4.69) is 15.3 Å². The minimum absolute atomic E-state index is 0.178. The predicted molar refractivity (Wildman–Crippen MR) is 78.8 cm³/mol. The summed E-state index contributed by atoms with van der Waals surface area (Å²) < 4.78 is 0. The maximum atomic E-state index is 12.3. The molecule has 1 amide bonds. The molecule has 0 unspecified atom stereocenters. The molecule has 0 aliphatic carbocycles. The molecular weight excluding hydrogens is 266 g/mol. The Morgan fingerprint density at radius 3 is 2.76 bits per heavy atom. The summed E-state index contributed by atoms with van der Waals surface area (Å²) in [6, 6.07) is 12.1. The van der Waals surface area contributed by atoms with E-state index in [4.69, 9.17) is 0 Å². The summed E-state index contributed by atoms with van der Waals surface area (Å²) >= 11 is 0. The Morgan fingerprint density at radius 2 is 1.90 bits per heavy atom. The zero-order valence-corrected chi connectivity index (χ0v) is 11.2. The number of nitrogens with zero attached hydrogens (tertiary/aromatic N) is 2. The van der Waals surface area contributed by atoms with E-state index in [1.54, 1.807) is 42.7 Å². The van der Waals surface area contributed by atoms with E-state index < -0.39 is 0 Å². The fourth-order valence-corrected chi connectivity index (χ4v) is 2.12. The maximum absolute atomic E-state index is 12.3. The molecule has 0 spiro atoms. The lowest BCUT2D eigenvalue weighted by atomic mass is 10.1. The van der Waals surface area contributed by atoms with Gasteiger partial charge in [0.2, 0.25) is 0 Å². The summed E-state index contributed by atoms with van der Waals surface area (Å²) in [5.41, 5.74) is 2.58. The van der Waals surface area contributed by atoms with Gasteiger partial charge in [0.05, 0.1) is 11.1 Å². The minimum Gasteiger partial charge on any atom is -0.508 e. The van der Waals surface area contributed by atoms with Crippen molar-refractivity contribution in [3.05, 3.63) is 66.0 Å². The summed E-state index contributed by atoms with van der Waals surface area (Å²) in [6.07, 6.45) is 3.16.